The first kappa shape index (κ1) is 19.5. The molecule has 0 bridgehead atoms. The molecule has 7 nitrogen and oxygen atoms in total. The van der Waals surface area contributed by atoms with Gasteiger partial charge in [0, 0.05) is 44.7 Å². The van der Waals surface area contributed by atoms with Gasteiger partial charge in [0.1, 0.15) is 0 Å². The Labute approximate surface area is 160 Å². The minimum absolute atomic E-state index is 0.147. The summed E-state index contributed by atoms with van der Waals surface area (Å²) in [5.41, 5.74) is -0.147. The number of nitrogens with zero attached hydrogens (tertiary/aromatic N) is 5. The molecule has 0 radical (unpaired) electrons. The maximum atomic E-state index is 12.4. The lowest BCUT2D eigenvalue weighted by Crippen LogP contribution is -2.50. The smallest absolute Gasteiger partial charge is 0.288 e. The normalized spacial score (nSPS) is 20.5. The van der Waals surface area contributed by atoms with E-state index in [1.807, 2.05) is 4.90 Å². The minimum atomic E-state index is -0.147. The first-order valence-electron chi connectivity index (χ1n) is 9.64. The Morgan fingerprint density at radius 2 is 1.65 bits per heavy atom. The van der Waals surface area contributed by atoms with Crippen LogP contribution < -0.4 is 0 Å². The summed E-state index contributed by atoms with van der Waals surface area (Å²) in [7, 11) is 0. The van der Waals surface area contributed by atoms with Crippen molar-refractivity contribution in [1.29, 1.82) is 0 Å². The van der Waals surface area contributed by atoms with Crippen molar-refractivity contribution in [2.24, 2.45) is 0 Å². The highest BCUT2D eigenvalue weighted by Crippen LogP contribution is 2.20. The Hall–Kier alpha value is -1.25. The Balaban J connectivity index is 1.47. The second-order valence-corrected chi connectivity index (χ2v) is 8.75. The number of aromatic nitrogens is 2. The number of rotatable bonds is 4. The molecule has 2 aliphatic heterocycles. The number of amides is 1. The first-order valence-corrected chi connectivity index (χ1v) is 10.0. The molecule has 8 heteroatoms. The zero-order valence-electron chi connectivity index (χ0n) is 16.2. The molecule has 0 aromatic carbocycles. The minimum Gasteiger partial charge on any atom is -0.413 e. The van der Waals surface area contributed by atoms with E-state index in [0.717, 1.165) is 52.1 Å². The van der Waals surface area contributed by atoms with Crippen molar-refractivity contribution in [3.63, 3.8) is 0 Å². The van der Waals surface area contributed by atoms with Crippen molar-refractivity contribution >= 4 is 18.1 Å². The quantitative estimate of drug-likeness (QED) is 0.745. The van der Waals surface area contributed by atoms with E-state index in [0.29, 0.717) is 23.9 Å². The van der Waals surface area contributed by atoms with Crippen molar-refractivity contribution in [2.45, 2.75) is 52.1 Å². The summed E-state index contributed by atoms with van der Waals surface area (Å²) >= 11 is 5.31. The van der Waals surface area contributed by atoms with Crippen molar-refractivity contribution in [3.05, 3.63) is 10.7 Å². The van der Waals surface area contributed by atoms with Crippen LogP contribution in [0.25, 0.3) is 0 Å². The van der Waals surface area contributed by atoms with Crippen molar-refractivity contribution in [2.75, 3.05) is 45.8 Å². The van der Waals surface area contributed by atoms with E-state index in [2.05, 4.69) is 35.7 Å². The standard InChI is InChI=1S/C18H31N5O2S/c1-18(2,3)16-19-23(17(26)25-16)14-21-11-9-20(10-12-21)13-15(24)22-7-5-4-6-8-22/h4-14H2,1-3H3. The lowest BCUT2D eigenvalue weighted by Gasteiger charge is -2.35. The van der Waals surface area contributed by atoms with Crippen LogP contribution in [0.15, 0.2) is 4.42 Å². The summed E-state index contributed by atoms with van der Waals surface area (Å²) < 4.78 is 7.41. The van der Waals surface area contributed by atoms with Gasteiger partial charge in [0.25, 0.3) is 4.84 Å². The summed E-state index contributed by atoms with van der Waals surface area (Å²) in [5, 5.41) is 4.53. The summed E-state index contributed by atoms with van der Waals surface area (Å²) in [6, 6.07) is 0. The van der Waals surface area contributed by atoms with Crippen LogP contribution in [0.5, 0.6) is 0 Å². The largest absolute Gasteiger partial charge is 0.413 e. The van der Waals surface area contributed by atoms with E-state index < -0.39 is 0 Å². The van der Waals surface area contributed by atoms with Gasteiger partial charge in [0.2, 0.25) is 11.8 Å². The fourth-order valence-electron chi connectivity index (χ4n) is 3.41. The van der Waals surface area contributed by atoms with Crippen molar-refractivity contribution < 1.29 is 9.21 Å². The molecule has 0 unspecified atom stereocenters. The topological polar surface area (TPSA) is 57.8 Å². The number of hydrogen-bond donors (Lipinski definition) is 0. The lowest BCUT2D eigenvalue weighted by molar-refractivity contribution is -0.133. The Morgan fingerprint density at radius 1 is 1.04 bits per heavy atom. The summed E-state index contributed by atoms with van der Waals surface area (Å²) in [6.45, 7) is 12.9. The van der Waals surface area contributed by atoms with Gasteiger partial charge in [0.15, 0.2) is 0 Å². The number of carbonyl (C=O) groups excluding carboxylic acids is 1. The fourth-order valence-corrected chi connectivity index (χ4v) is 3.59. The number of hydrogen-bond acceptors (Lipinski definition) is 6. The molecule has 2 saturated heterocycles. The van der Waals surface area contributed by atoms with Gasteiger partial charge in [-0.25, -0.2) is 4.68 Å². The second-order valence-electron chi connectivity index (χ2n) is 8.40. The third kappa shape index (κ3) is 4.92. The molecule has 0 atom stereocenters. The van der Waals surface area contributed by atoms with E-state index in [1.165, 1.54) is 6.42 Å². The number of likely N-dealkylation sites (tertiary alicyclic amines) is 1. The Bertz CT molecular complexity index is 664. The van der Waals surface area contributed by atoms with E-state index in [9.17, 15) is 4.79 Å². The summed E-state index contributed by atoms with van der Waals surface area (Å²) in [6.07, 6.45) is 3.55. The molecule has 26 heavy (non-hydrogen) atoms. The van der Waals surface area contributed by atoms with Crippen LogP contribution in [0, 0.1) is 4.84 Å². The maximum Gasteiger partial charge on any atom is 0.288 e. The first-order chi connectivity index (χ1) is 12.3. The predicted molar refractivity (Wildman–Crippen MR) is 102 cm³/mol. The molecule has 3 heterocycles. The molecule has 146 valence electrons. The van der Waals surface area contributed by atoms with E-state index in [-0.39, 0.29) is 11.3 Å². The van der Waals surface area contributed by atoms with Crippen LogP contribution in [0.4, 0.5) is 0 Å². The number of piperidine rings is 1. The molecular formula is C18H31N5O2S. The lowest BCUT2D eigenvalue weighted by atomic mass is 9.97. The molecule has 2 fully saturated rings. The Morgan fingerprint density at radius 3 is 2.23 bits per heavy atom. The molecule has 0 saturated carbocycles. The van der Waals surface area contributed by atoms with E-state index >= 15 is 0 Å². The molecule has 1 amide bonds. The third-order valence-electron chi connectivity index (χ3n) is 5.11. The summed E-state index contributed by atoms with van der Waals surface area (Å²) in [5.74, 6) is 0.958. The molecule has 3 rings (SSSR count). The molecule has 0 aliphatic carbocycles. The fraction of sp³-hybridized carbons (Fsp3) is 0.833. The zero-order valence-corrected chi connectivity index (χ0v) is 17.1. The number of carbonyl (C=O) groups is 1. The maximum absolute atomic E-state index is 12.4. The van der Waals surface area contributed by atoms with Crippen LogP contribution in [-0.2, 0) is 16.9 Å². The van der Waals surface area contributed by atoms with Crippen molar-refractivity contribution in [3.8, 4) is 0 Å². The van der Waals surface area contributed by atoms with Gasteiger partial charge in [0.05, 0.1) is 13.2 Å². The number of piperazine rings is 1. The molecule has 1 aromatic heterocycles. The summed E-state index contributed by atoms with van der Waals surface area (Å²) in [4.78, 5) is 19.4. The van der Waals surface area contributed by atoms with Gasteiger partial charge < -0.3 is 9.32 Å². The van der Waals surface area contributed by atoms with Gasteiger partial charge in [-0.05, 0) is 31.5 Å². The Kier molecular flexibility index (Phi) is 6.14. The molecule has 2 aliphatic rings. The van der Waals surface area contributed by atoms with Gasteiger partial charge in [-0.2, -0.15) is 0 Å². The molecule has 0 spiro atoms. The van der Waals surface area contributed by atoms with Crippen LogP contribution in [0.3, 0.4) is 0 Å². The average molecular weight is 382 g/mol. The van der Waals surface area contributed by atoms with E-state index in [1.54, 1.807) is 4.68 Å². The molecule has 0 N–H and O–H groups in total. The monoisotopic (exact) mass is 381 g/mol. The van der Waals surface area contributed by atoms with Crippen LogP contribution in [-0.4, -0.2) is 76.2 Å². The van der Waals surface area contributed by atoms with E-state index in [4.69, 9.17) is 16.6 Å². The zero-order chi connectivity index (χ0) is 18.7. The highest BCUT2D eigenvalue weighted by atomic mass is 32.1. The second kappa shape index (κ2) is 8.19. The third-order valence-corrected chi connectivity index (χ3v) is 5.41. The van der Waals surface area contributed by atoms with Gasteiger partial charge >= 0.3 is 0 Å². The SMILES string of the molecule is CC(C)(C)c1nn(CN2CCN(CC(=O)N3CCCCC3)CC2)c(=S)o1. The van der Waals surface area contributed by atoms with Crippen LogP contribution in [0.1, 0.15) is 45.9 Å². The van der Waals surface area contributed by atoms with Crippen LogP contribution in [0.2, 0.25) is 0 Å². The van der Waals surface area contributed by atoms with Gasteiger partial charge in [-0.1, -0.05) is 20.8 Å². The molecule has 1 aromatic rings. The van der Waals surface area contributed by atoms with Crippen LogP contribution >= 0.6 is 12.2 Å². The highest BCUT2D eigenvalue weighted by Gasteiger charge is 2.25. The average Bonchev–Trinajstić information content (AvgIpc) is 2.98. The van der Waals surface area contributed by atoms with Gasteiger partial charge in [-0.3, -0.25) is 14.6 Å². The van der Waals surface area contributed by atoms with Gasteiger partial charge in [-0.15, -0.1) is 5.10 Å². The highest BCUT2D eigenvalue weighted by molar-refractivity contribution is 7.71. The molecular weight excluding hydrogens is 350 g/mol. The predicted octanol–water partition coefficient (Wildman–Crippen LogP) is 2.09. The van der Waals surface area contributed by atoms with Crippen molar-refractivity contribution in [1.82, 2.24) is 24.5 Å².